The molecule has 5 aromatic carbocycles. The van der Waals surface area contributed by atoms with Crippen molar-refractivity contribution >= 4 is 31.5 Å². The smallest absolute Gasteiger partial charge is 0.127 e. The number of aryl methyl sites for hydroxylation is 1. The maximum atomic E-state index is 13.9. The van der Waals surface area contributed by atoms with Crippen molar-refractivity contribution in [1.82, 2.24) is 9.97 Å². The number of aromatic hydroxyl groups is 1. The standard InChI is InChI=1S/C41H26FN2OS.Pt/c1-25-19-30(32-14-8-15-34-33-13-5-6-16-40(33)46-41(32)34)23-36(43-25)27-11-7-12-28(20-27)37-21-29(26-9-3-2-4-10-26)22-38(44-37)35-18-17-31(42)24-39(35)45;/h2-19,21-24,45H,1H3;/q-1;. The van der Waals surface area contributed by atoms with Crippen LogP contribution in [-0.4, -0.2) is 15.1 Å². The van der Waals surface area contributed by atoms with E-state index in [0.717, 1.165) is 45.3 Å². The Morgan fingerprint density at radius 1 is 0.596 bits per heavy atom. The number of aromatic nitrogens is 2. The average Bonchev–Trinajstić information content (AvgIpc) is 3.47. The molecular formula is C41H26FN2OPtS-. The van der Waals surface area contributed by atoms with Crippen molar-refractivity contribution in [2.45, 2.75) is 6.92 Å². The minimum absolute atomic E-state index is 0. The van der Waals surface area contributed by atoms with Gasteiger partial charge in [-0.15, -0.1) is 35.6 Å². The molecule has 0 aliphatic carbocycles. The first-order valence-corrected chi connectivity index (χ1v) is 15.8. The fourth-order valence-corrected chi connectivity index (χ4v) is 7.27. The summed E-state index contributed by atoms with van der Waals surface area (Å²) in [6.45, 7) is 2.02. The van der Waals surface area contributed by atoms with Gasteiger partial charge in [-0.3, -0.25) is 9.97 Å². The molecule has 6 heteroatoms. The molecule has 0 radical (unpaired) electrons. The molecule has 8 aromatic rings. The number of rotatable bonds is 5. The predicted octanol–water partition coefficient (Wildman–Crippen LogP) is 11.1. The summed E-state index contributed by atoms with van der Waals surface area (Å²) in [6, 6.07) is 46.8. The van der Waals surface area contributed by atoms with Crippen LogP contribution in [0.15, 0.2) is 133 Å². The van der Waals surface area contributed by atoms with Gasteiger partial charge in [0, 0.05) is 69.9 Å². The quantitative estimate of drug-likeness (QED) is 0.176. The van der Waals surface area contributed by atoms with Gasteiger partial charge in [0.2, 0.25) is 0 Å². The monoisotopic (exact) mass is 808 g/mol. The molecule has 0 saturated carbocycles. The van der Waals surface area contributed by atoms with Crippen molar-refractivity contribution in [3.8, 4) is 61.8 Å². The van der Waals surface area contributed by atoms with Crippen molar-refractivity contribution < 1.29 is 30.6 Å². The molecule has 230 valence electrons. The van der Waals surface area contributed by atoms with Gasteiger partial charge < -0.3 is 5.11 Å². The minimum atomic E-state index is -0.504. The van der Waals surface area contributed by atoms with E-state index < -0.39 is 5.82 Å². The maximum Gasteiger partial charge on any atom is 0.127 e. The Bertz CT molecular complexity index is 2420. The third-order valence-corrected chi connectivity index (χ3v) is 9.40. The second-order valence-corrected chi connectivity index (χ2v) is 12.3. The number of benzene rings is 5. The predicted molar refractivity (Wildman–Crippen MR) is 187 cm³/mol. The number of fused-ring (bicyclic) bond motifs is 3. The Morgan fingerprint density at radius 2 is 1.28 bits per heavy atom. The first kappa shape index (κ1) is 30.7. The summed E-state index contributed by atoms with van der Waals surface area (Å²) in [5.74, 6) is -0.665. The van der Waals surface area contributed by atoms with Crippen LogP contribution in [-0.2, 0) is 21.1 Å². The van der Waals surface area contributed by atoms with Crippen LogP contribution in [0.4, 0.5) is 4.39 Å². The second kappa shape index (κ2) is 12.7. The van der Waals surface area contributed by atoms with E-state index in [1.807, 2.05) is 78.9 Å². The van der Waals surface area contributed by atoms with E-state index in [-0.39, 0.29) is 26.8 Å². The molecule has 3 heterocycles. The summed E-state index contributed by atoms with van der Waals surface area (Å²) in [4.78, 5) is 9.85. The Labute approximate surface area is 290 Å². The van der Waals surface area contributed by atoms with E-state index in [1.54, 1.807) is 6.07 Å². The molecular weight excluding hydrogens is 783 g/mol. The van der Waals surface area contributed by atoms with Gasteiger partial charge in [-0.2, -0.15) is 0 Å². The van der Waals surface area contributed by atoms with Crippen LogP contribution < -0.4 is 0 Å². The maximum absolute atomic E-state index is 13.9. The fraction of sp³-hybridized carbons (Fsp3) is 0.0244. The molecule has 3 nitrogen and oxygen atoms in total. The SMILES string of the molecule is Cc1cc(-c2cccc3c2sc2ccccc23)cc(-c2[c-]c(-c3cc(-c4ccccc4)cc(-c4ccc(F)cc4O)n3)ccc2)n1.[Pt]. The summed E-state index contributed by atoms with van der Waals surface area (Å²) < 4.78 is 16.4. The average molecular weight is 809 g/mol. The zero-order chi connectivity index (χ0) is 31.2. The van der Waals surface area contributed by atoms with E-state index in [0.29, 0.717) is 17.0 Å². The van der Waals surface area contributed by atoms with Gasteiger partial charge in [-0.25, -0.2) is 4.39 Å². The molecule has 0 atom stereocenters. The van der Waals surface area contributed by atoms with Gasteiger partial charge in [0.05, 0.1) is 5.69 Å². The normalized spacial score (nSPS) is 11.1. The van der Waals surface area contributed by atoms with Crippen LogP contribution in [0.3, 0.4) is 0 Å². The first-order chi connectivity index (χ1) is 22.5. The Balaban J connectivity index is 0.00000351. The van der Waals surface area contributed by atoms with Gasteiger partial charge in [0.1, 0.15) is 11.6 Å². The number of phenolic OH excluding ortho intramolecular Hbond substituents is 1. The van der Waals surface area contributed by atoms with Crippen LogP contribution in [0.5, 0.6) is 5.75 Å². The summed E-state index contributed by atoms with van der Waals surface area (Å²) in [5.41, 5.74) is 9.29. The zero-order valence-electron chi connectivity index (χ0n) is 25.1. The van der Waals surface area contributed by atoms with Crippen LogP contribution >= 0.6 is 11.3 Å². The van der Waals surface area contributed by atoms with E-state index >= 15 is 0 Å². The molecule has 47 heavy (non-hydrogen) atoms. The molecule has 3 aromatic heterocycles. The number of pyridine rings is 2. The molecule has 1 N–H and O–H groups in total. The molecule has 0 spiro atoms. The van der Waals surface area contributed by atoms with E-state index in [1.165, 1.54) is 31.8 Å². The van der Waals surface area contributed by atoms with Crippen LogP contribution in [0.2, 0.25) is 0 Å². The van der Waals surface area contributed by atoms with Gasteiger partial charge in [-0.1, -0.05) is 90.0 Å². The first-order valence-electron chi connectivity index (χ1n) is 15.0. The molecule has 0 fully saturated rings. The van der Waals surface area contributed by atoms with Gasteiger partial charge >= 0.3 is 0 Å². The summed E-state index contributed by atoms with van der Waals surface area (Å²) >= 11 is 1.82. The van der Waals surface area contributed by atoms with Crippen molar-refractivity contribution in [3.05, 3.63) is 151 Å². The molecule has 0 saturated heterocycles. The molecule has 0 amide bonds. The second-order valence-electron chi connectivity index (χ2n) is 11.3. The number of hydrogen-bond donors (Lipinski definition) is 1. The van der Waals surface area contributed by atoms with Crippen LogP contribution in [0.25, 0.3) is 76.2 Å². The van der Waals surface area contributed by atoms with E-state index in [9.17, 15) is 9.50 Å². The topological polar surface area (TPSA) is 46.0 Å². The number of phenols is 1. The van der Waals surface area contributed by atoms with Gasteiger partial charge in [-0.05, 0) is 59.5 Å². The molecule has 8 rings (SSSR count). The van der Waals surface area contributed by atoms with Gasteiger partial charge in [0.15, 0.2) is 0 Å². The Kier molecular flexibility index (Phi) is 8.27. The zero-order valence-corrected chi connectivity index (χ0v) is 28.2. The third-order valence-electron chi connectivity index (χ3n) is 8.18. The van der Waals surface area contributed by atoms with Crippen LogP contribution in [0, 0.1) is 18.8 Å². The van der Waals surface area contributed by atoms with Crippen molar-refractivity contribution in [1.29, 1.82) is 0 Å². The van der Waals surface area contributed by atoms with E-state index in [4.69, 9.17) is 9.97 Å². The number of thiophene rings is 1. The number of halogens is 1. The molecule has 0 aliphatic heterocycles. The van der Waals surface area contributed by atoms with Crippen LogP contribution in [0.1, 0.15) is 5.69 Å². The summed E-state index contributed by atoms with van der Waals surface area (Å²) in [5, 5.41) is 13.2. The summed E-state index contributed by atoms with van der Waals surface area (Å²) in [7, 11) is 0. The van der Waals surface area contributed by atoms with E-state index in [2.05, 4.69) is 60.7 Å². The van der Waals surface area contributed by atoms with Crippen molar-refractivity contribution in [3.63, 3.8) is 0 Å². The number of hydrogen-bond acceptors (Lipinski definition) is 4. The molecule has 0 aliphatic rings. The minimum Gasteiger partial charge on any atom is -0.507 e. The summed E-state index contributed by atoms with van der Waals surface area (Å²) in [6.07, 6.45) is 0. The molecule has 0 bridgehead atoms. The Hall–Kier alpha value is -4.96. The Morgan fingerprint density at radius 3 is 2.09 bits per heavy atom. The molecule has 0 unspecified atom stereocenters. The largest absolute Gasteiger partial charge is 0.507 e. The third kappa shape index (κ3) is 5.89. The number of nitrogens with zero attached hydrogens (tertiary/aromatic N) is 2. The van der Waals surface area contributed by atoms with Crippen molar-refractivity contribution in [2.75, 3.05) is 0 Å². The fourth-order valence-electron chi connectivity index (χ4n) is 6.03. The van der Waals surface area contributed by atoms with Gasteiger partial charge in [0.25, 0.3) is 0 Å². The van der Waals surface area contributed by atoms with Crippen molar-refractivity contribution in [2.24, 2.45) is 0 Å².